The highest BCUT2D eigenvalue weighted by Crippen LogP contribution is 2.22. The number of hydrogen-bond acceptors (Lipinski definition) is 2. The maximum Gasteiger partial charge on any atom is 0.242 e. The van der Waals surface area contributed by atoms with Gasteiger partial charge in [-0.25, -0.2) is 0 Å². The van der Waals surface area contributed by atoms with Crippen molar-refractivity contribution in [3.63, 3.8) is 0 Å². The summed E-state index contributed by atoms with van der Waals surface area (Å²) in [7, 11) is 0. The molecule has 0 aromatic heterocycles. The second-order valence-electron chi connectivity index (χ2n) is 9.29. The molecule has 0 fully saturated rings. The average Bonchev–Trinajstić information content (AvgIpc) is 2.69. The van der Waals surface area contributed by atoms with Crippen LogP contribution in [0.25, 0.3) is 0 Å². The Balaban J connectivity index is 2.10. The Hall–Kier alpha value is -2.62. The first kappa shape index (κ1) is 23.7. The van der Waals surface area contributed by atoms with Crippen LogP contribution >= 0.6 is 0 Å². The fourth-order valence-electron chi connectivity index (χ4n) is 3.33. The van der Waals surface area contributed by atoms with Gasteiger partial charge in [-0.05, 0) is 49.3 Å². The van der Waals surface area contributed by atoms with Gasteiger partial charge in [0, 0.05) is 19.0 Å². The fraction of sp³-hybridized carbons (Fsp3) is 0.462. The maximum atomic E-state index is 13.1. The van der Waals surface area contributed by atoms with Crippen molar-refractivity contribution < 1.29 is 9.59 Å². The Morgan fingerprint density at radius 2 is 1.50 bits per heavy atom. The summed E-state index contributed by atoms with van der Waals surface area (Å²) in [6.07, 6.45) is 1.04. The highest BCUT2D eigenvalue weighted by Gasteiger charge is 2.26. The highest BCUT2D eigenvalue weighted by atomic mass is 16.2. The average molecular weight is 409 g/mol. The predicted molar refractivity (Wildman–Crippen MR) is 123 cm³/mol. The molecule has 0 aliphatic heterocycles. The molecule has 30 heavy (non-hydrogen) atoms. The lowest BCUT2D eigenvalue weighted by Crippen LogP contribution is -2.49. The second-order valence-corrected chi connectivity index (χ2v) is 9.29. The normalized spacial score (nSPS) is 12.5. The van der Waals surface area contributed by atoms with Crippen molar-refractivity contribution in [2.75, 3.05) is 0 Å². The van der Waals surface area contributed by atoms with Crippen LogP contribution in [0.5, 0.6) is 0 Å². The molecule has 4 nitrogen and oxygen atoms in total. The summed E-state index contributed by atoms with van der Waals surface area (Å²) >= 11 is 0. The van der Waals surface area contributed by atoms with Crippen LogP contribution in [-0.2, 0) is 28.0 Å². The zero-order valence-electron chi connectivity index (χ0n) is 19.2. The lowest BCUT2D eigenvalue weighted by atomic mass is 9.86. The van der Waals surface area contributed by atoms with Crippen molar-refractivity contribution >= 4 is 11.8 Å². The van der Waals surface area contributed by atoms with Crippen molar-refractivity contribution in [1.29, 1.82) is 0 Å². The topological polar surface area (TPSA) is 49.4 Å². The number of hydrogen-bond donors (Lipinski definition) is 1. The van der Waals surface area contributed by atoms with Gasteiger partial charge in [0.1, 0.15) is 6.04 Å². The molecule has 4 heteroatoms. The van der Waals surface area contributed by atoms with E-state index in [0.29, 0.717) is 19.4 Å². The highest BCUT2D eigenvalue weighted by molar-refractivity contribution is 5.87. The van der Waals surface area contributed by atoms with Gasteiger partial charge in [0.25, 0.3) is 0 Å². The van der Waals surface area contributed by atoms with Crippen LogP contribution in [0, 0.1) is 0 Å². The molecule has 0 spiro atoms. The van der Waals surface area contributed by atoms with E-state index in [2.05, 4.69) is 50.4 Å². The monoisotopic (exact) mass is 408 g/mol. The van der Waals surface area contributed by atoms with Crippen LogP contribution in [0.15, 0.2) is 54.6 Å². The number of benzene rings is 2. The Labute approximate surface area is 181 Å². The van der Waals surface area contributed by atoms with Crippen LogP contribution in [0.1, 0.15) is 64.7 Å². The lowest BCUT2D eigenvalue weighted by Gasteiger charge is -2.29. The largest absolute Gasteiger partial charge is 0.352 e. The van der Waals surface area contributed by atoms with Gasteiger partial charge in [0.15, 0.2) is 0 Å². The molecular weight excluding hydrogens is 372 g/mol. The van der Waals surface area contributed by atoms with E-state index in [0.717, 1.165) is 11.1 Å². The van der Waals surface area contributed by atoms with E-state index >= 15 is 0 Å². The van der Waals surface area contributed by atoms with E-state index in [1.807, 2.05) is 44.2 Å². The maximum absolute atomic E-state index is 13.1. The molecule has 0 heterocycles. The molecule has 2 rings (SSSR count). The number of nitrogens with zero attached hydrogens (tertiary/aromatic N) is 1. The first-order valence-corrected chi connectivity index (χ1v) is 10.8. The van der Waals surface area contributed by atoms with E-state index in [9.17, 15) is 9.59 Å². The van der Waals surface area contributed by atoms with E-state index in [1.165, 1.54) is 5.56 Å². The third-order valence-corrected chi connectivity index (χ3v) is 5.24. The molecule has 0 aliphatic rings. The first-order chi connectivity index (χ1) is 14.1. The summed E-state index contributed by atoms with van der Waals surface area (Å²) in [5.41, 5.74) is 3.54. The van der Waals surface area contributed by atoms with E-state index in [4.69, 9.17) is 0 Å². The van der Waals surface area contributed by atoms with Gasteiger partial charge in [-0.2, -0.15) is 0 Å². The van der Waals surface area contributed by atoms with Crippen LogP contribution < -0.4 is 5.32 Å². The minimum atomic E-state index is -0.525. The number of amides is 2. The second kappa shape index (κ2) is 10.4. The summed E-state index contributed by atoms with van der Waals surface area (Å²) in [5.74, 6) is -0.131. The van der Waals surface area contributed by atoms with Gasteiger partial charge in [-0.3, -0.25) is 9.59 Å². The first-order valence-electron chi connectivity index (χ1n) is 10.8. The number of nitrogens with one attached hydrogen (secondary N) is 1. The Bertz CT molecular complexity index is 820. The molecule has 0 saturated heterocycles. The number of carbonyl (C=O) groups is 2. The molecule has 0 bridgehead atoms. The van der Waals surface area contributed by atoms with Crippen molar-refractivity contribution in [3.8, 4) is 0 Å². The third-order valence-electron chi connectivity index (χ3n) is 5.24. The molecule has 2 aromatic carbocycles. The third kappa shape index (κ3) is 7.01. The van der Waals surface area contributed by atoms with Gasteiger partial charge < -0.3 is 10.2 Å². The molecule has 0 unspecified atom stereocenters. The summed E-state index contributed by atoms with van der Waals surface area (Å²) in [6, 6.07) is 17.8. The Morgan fingerprint density at radius 3 is 2.03 bits per heavy atom. The molecule has 162 valence electrons. The molecule has 0 saturated carbocycles. The standard InChI is InChI=1S/C26H36N2O2/c1-19(2)27-25(30)20(3)28(18-22-10-8-7-9-11-22)24(29)17-14-21-12-15-23(16-13-21)26(4,5)6/h7-13,15-16,19-20H,14,17-18H2,1-6H3,(H,27,30)/t20-/m0/s1. The molecule has 0 aliphatic carbocycles. The van der Waals surface area contributed by atoms with Crippen LogP contribution in [-0.4, -0.2) is 28.8 Å². The predicted octanol–water partition coefficient (Wildman–Crippen LogP) is 4.86. The van der Waals surface area contributed by atoms with Crippen molar-refractivity contribution in [1.82, 2.24) is 10.2 Å². The Kier molecular flexibility index (Phi) is 8.22. The SMILES string of the molecule is CC(C)NC(=O)[C@H](C)N(Cc1ccccc1)C(=O)CCc1ccc(C(C)(C)C)cc1. The van der Waals surface area contributed by atoms with E-state index in [-0.39, 0.29) is 23.3 Å². The number of aryl methyl sites for hydroxylation is 1. The minimum Gasteiger partial charge on any atom is -0.352 e. The summed E-state index contributed by atoms with van der Waals surface area (Å²) < 4.78 is 0. The number of carbonyl (C=O) groups excluding carboxylic acids is 2. The molecule has 0 radical (unpaired) electrons. The van der Waals surface area contributed by atoms with Gasteiger partial charge in [-0.1, -0.05) is 75.4 Å². The van der Waals surface area contributed by atoms with Gasteiger partial charge in [-0.15, -0.1) is 0 Å². The van der Waals surface area contributed by atoms with Gasteiger partial charge in [0.2, 0.25) is 11.8 Å². The zero-order valence-corrected chi connectivity index (χ0v) is 19.2. The Morgan fingerprint density at radius 1 is 0.900 bits per heavy atom. The molecule has 2 aromatic rings. The summed E-state index contributed by atoms with van der Waals surface area (Å²) in [6.45, 7) is 12.7. The van der Waals surface area contributed by atoms with Crippen molar-refractivity contribution in [3.05, 3.63) is 71.3 Å². The fourth-order valence-corrected chi connectivity index (χ4v) is 3.33. The van der Waals surface area contributed by atoms with Gasteiger partial charge in [0.05, 0.1) is 0 Å². The van der Waals surface area contributed by atoms with Crippen molar-refractivity contribution in [2.24, 2.45) is 0 Å². The summed E-state index contributed by atoms with van der Waals surface area (Å²) in [4.78, 5) is 27.4. The molecule has 2 amide bonds. The molecule has 1 N–H and O–H groups in total. The van der Waals surface area contributed by atoms with Crippen LogP contribution in [0.4, 0.5) is 0 Å². The van der Waals surface area contributed by atoms with Crippen LogP contribution in [0.2, 0.25) is 0 Å². The van der Waals surface area contributed by atoms with Gasteiger partial charge >= 0.3 is 0 Å². The van der Waals surface area contributed by atoms with Crippen LogP contribution in [0.3, 0.4) is 0 Å². The molecule has 1 atom stereocenters. The zero-order chi connectivity index (χ0) is 22.3. The quantitative estimate of drug-likeness (QED) is 0.678. The van der Waals surface area contributed by atoms with E-state index < -0.39 is 6.04 Å². The molecular formula is C26H36N2O2. The minimum absolute atomic E-state index is 0.00911. The number of rotatable bonds is 8. The van der Waals surface area contributed by atoms with Crippen molar-refractivity contribution in [2.45, 2.75) is 78.4 Å². The van der Waals surface area contributed by atoms with E-state index in [1.54, 1.807) is 11.8 Å². The smallest absolute Gasteiger partial charge is 0.242 e. The summed E-state index contributed by atoms with van der Waals surface area (Å²) in [5, 5.41) is 2.92. The lowest BCUT2D eigenvalue weighted by molar-refractivity contribution is -0.140.